The van der Waals surface area contributed by atoms with Crippen molar-refractivity contribution in [3.05, 3.63) is 24.2 Å². The summed E-state index contributed by atoms with van der Waals surface area (Å²) in [5, 5.41) is 13.0. The van der Waals surface area contributed by atoms with Gasteiger partial charge in [-0.05, 0) is 12.5 Å². The molecule has 2 heterocycles. The summed E-state index contributed by atoms with van der Waals surface area (Å²) in [6.07, 6.45) is 5.41. The number of aliphatic hydroxyl groups is 1. The zero-order valence-corrected chi connectivity index (χ0v) is 11.6. The van der Waals surface area contributed by atoms with Crippen molar-refractivity contribution >= 4 is 15.5 Å². The minimum Gasteiger partial charge on any atom is -0.390 e. The molecule has 0 amide bonds. The van der Waals surface area contributed by atoms with Crippen molar-refractivity contribution in [3.63, 3.8) is 0 Å². The van der Waals surface area contributed by atoms with Crippen molar-refractivity contribution in [2.24, 2.45) is 0 Å². The van der Waals surface area contributed by atoms with Crippen LogP contribution >= 0.6 is 0 Å². The summed E-state index contributed by atoms with van der Waals surface area (Å²) in [5.74, 6) is 0.104. The summed E-state index contributed by atoms with van der Waals surface area (Å²) in [7, 11) is -3.37. The van der Waals surface area contributed by atoms with Crippen LogP contribution in [0.5, 0.6) is 0 Å². The van der Waals surface area contributed by atoms with Crippen molar-refractivity contribution in [2.45, 2.75) is 37.7 Å². The lowest BCUT2D eigenvalue weighted by molar-refractivity contribution is 0.277. The third-order valence-corrected chi connectivity index (χ3v) is 4.69. The Balaban J connectivity index is 2.38. The maximum Gasteiger partial charge on any atom is 0.183 e. The van der Waals surface area contributed by atoms with Gasteiger partial charge in [0.1, 0.15) is 4.90 Å². The highest BCUT2D eigenvalue weighted by molar-refractivity contribution is 7.91. The standard InChI is InChI=1S/C12H17N3O3S/c1-2-3-4-7-19(17,18)11-8-13-15-6-5-10(9-16)14-12(11)15/h5-6,8,16H,2-4,7,9H2,1H3. The van der Waals surface area contributed by atoms with Crippen LogP contribution in [0.15, 0.2) is 23.4 Å². The van der Waals surface area contributed by atoms with Gasteiger partial charge in [-0.25, -0.2) is 17.9 Å². The molecule has 1 N–H and O–H groups in total. The first-order valence-electron chi connectivity index (χ1n) is 6.25. The highest BCUT2D eigenvalue weighted by Crippen LogP contribution is 2.18. The summed E-state index contributed by atoms with van der Waals surface area (Å²) >= 11 is 0. The molecule has 0 spiro atoms. The first kappa shape index (κ1) is 14.0. The topological polar surface area (TPSA) is 84.6 Å². The number of fused-ring (bicyclic) bond motifs is 1. The van der Waals surface area contributed by atoms with E-state index in [1.165, 1.54) is 10.7 Å². The Morgan fingerprint density at radius 3 is 2.84 bits per heavy atom. The molecule has 2 aromatic heterocycles. The number of unbranched alkanes of at least 4 members (excludes halogenated alkanes) is 2. The number of hydrogen-bond acceptors (Lipinski definition) is 5. The molecule has 0 aromatic carbocycles. The lowest BCUT2D eigenvalue weighted by Gasteiger charge is -2.02. The van der Waals surface area contributed by atoms with Gasteiger partial charge >= 0.3 is 0 Å². The molecular weight excluding hydrogens is 266 g/mol. The summed E-state index contributed by atoms with van der Waals surface area (Å²) in [6, 6.07) is 1.60. The highest BCUT2D eigenvalue weighted by Gasteiger charge is 2.20. The Morgan fingerprint density at radius 2 is 2.16 bits per heavy atom. The SMILES string of the molecule is CCCCCS(=O)(=O)c1cnn2ccc(CO)nc12. The summed E-state index contributed by atoms with van der Waals surface area (Å²) in [4.78, 5) is 4.26. The molecule has 7 heteroatoms. The number of sulfone groups is 1. The molecule has 19 heavy (non-hydrogen) atoms. The molecule has 0 bridgehead atoms. The van der Waals surface area contributed by atoms with Crippen molar-refractivity contribution in [2.75, 3.05) is 5.75 Å². The van der Waals surface area contributed by atoms with Gasteiger partial charge in [0.25, 0.3) is 0 Å². The second-order valence-corrected chi connectivity index (χ2v) is 6.46. The van der Waals surface area contributed by atoms with Gasteiger partial charge < -0.3 is 5.11 Å². The lowest BCUT2D eigenvalue weighted by atomic mass is 10.3. The summed E-state index contributed by atoms with van der Waals surface area (Å²) < 4.78 is 25.9. The van der Waals surface area contributed by atoms with Crippen LogP contribution in [0.4, 0.5) is 0 Å². The molecule has 2 aromatic rings. The van der Waals surface area contributed by atoms with Gasteiger partial charge in [-0.2, -0.15) is 5.10 Å². The molecule has 0 aliphatic rings. The van der Waals surface area contributed by atoms with Crippen LogP contribution in [-0.4, -0.2) is 33.9 Å². The van der Waals surface area contributed by atoms with Crippen LogP contribution < -0.4 is 0 Å². The van der Waals surface area contributed by atoms with Crippen LogP contribution in [0.2, 0.25) is 0 Å². The van der Waals surface area contributed by atoms with Gasteiger partial charge in [0.05, 0.1) is 24.3 Å². The van der Waals surface area contributed by atoms with Gasteiger partial charge in [0, 0.05) is 6.20 Å². The van der Waals surface area contributed by atoms with Crippen LogP contribution in [0.1, 0.15) is 31.9 Å². The summed E-state index contributed by atoms with van der Waals surface area (Å²) in [6.45, 7) is 1.80. The zero-order valence-electron chi connectivity index (χ0n) is 10.8. The van der Waals surface area contributed by atoms with E-state index in [4.69, 9.17) is 5.11 Å². The minimum atomic E-state index is -3.37. The van der Waals surface area contributed by atoms with Crippen molar-refractivity contribution in [3.8, 4) is 0 Å². The average Bonchev–Trinajstić information content (AvgIpc) is 2.82. The first-order chi connectivity index (χ1) is 9.08. The molecule has 104 valence electrons. The minimum absolute atomic E-state index is 0.104. The number of hydrogen-bond donors (Lipinski definition) is 1. The number of nitrogens with zero attached hydrogens (tertiary/aromatic N) is 3. The van der Waals surface area contributed by atoms with E-state index in [-0.39, 0.29) is 22.9 Å². The van der Waals surface area contributed by atoms with E-state index >= 15 is 0 Å². The molecule has 2 rings (SSSR count). The molecule has 0 aliphatic carbocycles. The molecule has 0 radical (unpaired) electrons. The zero-order chi connectivity index (χ0) is 13.9. The Labute approximate surface area is 112 Å². The number of rotatable bonds is 6. The van der Waals surface area contributed by atoms with Crippen molar-refractivity contribution in [1.29, 1.82) is 0 Å². The molecule has 0 unspecified atom stereocenters. The third-order valence-electron chi connectivity index (χ3n) is 2.91. The molecule has 0 saturated heterocycles. The van der Waals surface area contributed by atoms with Gasteiger partial charge in [-0.3, -0.25) is 0 Å². The van der Waals surface area contributed by atoms with E-state index in [0.717, 1.165) is 12.8 Å². The molecule has 0 saturated carbocycles. The van der Waals surface area contributed by atoms with E-state index in [1.54, 1.807) is 12.3 Å². The fourth-order valence-corrected chi connectivity index (χ4v) is 3.27. The maximum atomic E-state index is 12.2. The molecule has 0 aliphatic heterocycles. The van der Waals surface area contributed by atoms with Crippen LogP contribution in [0, 0.1) is 0 Å². The first-order valence-corrected chi connectivity index (χ1v) is 7.90. The van der Waals surface area contributed by atoms with E-state index in [9.17, 15) is 8.42 Å². The molecule has 6 nitrogen and oxygen atoms in total. The molecule has 0 atom stereocenters. The Morgan fingerprint density at radius 1 is 1.37 bits per heavy atom. The Kier molecular flexibility index (Phi) is 4.16. The Bertz CT molecular complexity index is 664. The molecule has 0 fully saturated rings. The van der Waals surface area contributed by atoms with E-state index < -0.39 is 9.84 Å². The largest absolute Gasteiger partial charge is 0.390 e. The van der Waals surface area contributed by atoms with Gasteiger partial charge in [-0.1, -0.05) is 19.8 Å². The smallest absolute Gasteiger partial charge is 0.183 e. The van der Waals surface area contributed by atoms with Crippen molar-refractivity contribution in [1.82, 2.24) is 14.6 Å². The maximum absolute atomic E-state index is 12.2. The second-order valence-electron chi connectivity index (χ2n) is 4.38. The summed E-state index contributed by atoms with van der Waals surface area (Å²) in [5.41, 5.74) is 0.709. The highest BCUT2D eigenvalue weighted by atomic mass is 32.2. The quantitative estimate of drug-likeness (QED) is 0.805. The third kappa shape index (κ3) is 2.93. The molecular formula is C12H17N3O3S. The predicted molar refractivity (Wildman–Crippen MR) is 70.5 cm³/mol. The lowest BCUT2D eigenvalue weighted by Crippen LogP contribution is -2.07. The van der Waals surface area contributed by atoms with E-state index in [1.807, 2.05) is 6.92 Å². The predicted octanol–water partition coefficient (Wildman–Crippen LogP) is 1.19. The van der Waals surface area contributed by atoms with Crippen LogP contribution in [0.3, 0.4) is 0 Å². The van der Waals surface area contributed by atoms with Crippen molar-refractivity contribution < 1.29 is 13.5 Å². The van der Waals surface area contributed by atoms with E-state index in [0.29, 0.717) is 12.1 Å². The normalized spacial score (nSPS) is 12.1. The average molecular weight is 283 g/mol. The van der Waals surface area contributed by atoms with Gasteiger partial charge in [-0.15, -0.1) is 0 Å². The monoisotopic (exact) mass is 283 g/mol. The second kappa shape index (κ2) is 5.66. The van der Waals surface area contributed by atoms with Gasteiger partial charge in [0.2, 0.25) is 0 Å². The van der Waals surface area contributed by atoms with Crippen LogP contribution in [-0.2, 0) is 16.4 Å². The number of aromatic nitrogens is 3. The number of aliphatic hydroxyl groups excluding tert-OH is 1. The van der Waals surface area contributed by atoms with Gasteiger partial charge in [0.15, 0.2) is 15.5 Å². The van der Waals surface area contributed by atoms with E-state index in [2.05, 4.69) is 10.1 Å². The fourth-order valence-electron chi connectivity index (χ4n) is 1.84. The Hall–Kier alpha value is -1.47. The fraction of sp³-hybridized carbons (Fsp3) is 0.500. The van der Waals surface area contributed by atoms with Crippen LogP contribution in [0.25, 0.3) is 5.65 Å².